The molecule has 140 valence electrons. The number of benzene rings is 1. The minimum atomic E-state index is -3.75. The molecule has 0 amide bonds. The van der Waals surface area contributed by atoms with Crippen molar-refractivity contribution in [3.63, 3.8) is 0 Å². The van der Waals surface area contributed by atoms with Crippen LogP contribution in [0.3, 0.4) is 0 Å². The summed E-state index contributed by atoms with van der Waals surface area (Å²) in [6.45, 7) is 8.85. The third-order valence-corrected chi connectivity index (χ3v) is 7.31. The third kappa shape index (κ3) is 3.21. The van der Waals surface area contributed by atoms with Gasteiger partial charge in [0.15, 0.2) is 5.13 Å². The van der Waals surface area contributed by atoms with E-state index in [-0.39, 0.29) is 4.90 Å². The van der Waals surface area contributed by atoms with Gasteiger partial charge in [0.2, 0.25) is 0 Å². The van der Waals surface area contributed by atoms with Gasteiger partial charge in [-0.1, -0.05) is 30.4 Å². The second kappa shape index (κ2) is 6.21. The standard InChI is InChI=1S/C18H23N3O3S2/c1-4-21-9-8-13-14(11-21)25-17(19-13)20-26(22,23)15-7-5-6-12-10-18(2,3)24-16(12)15/h5-7H,4,8-11H2,1-3H3,(H,19,20). The number of para-hydroxylation sites is 1. The molecule has 4 rings (SSSR count). The van der Waals surface area contributed by atoms with Crippen molar-refractivity contribution >= 4 is 26.5 Å². The Balaban J connectivity index is 1.62. The molecule has 1 aromatic carbocycles. The van der Waals surface area contributed by atoms with Gasteiger partial charge in [-0.3, -0.25) is 9.62 Å². The zero-order valence-corrected chi connectivity index (χ0v) is 16.8. The lowest BCUT2D eigenvalue weighted by Crippen LogP contribution is -2.29. The van der Waals surface area contributed by atoms with Gasteiger partial charge in [-0.25, -0.2) is 13.4 Å². The highest BCUT2D eigenvalue weighted by atomic mass is 32.2. The van der Waals surface area contributed by atoms with Gasteiger partial charge in [0, 0.05) is 30.8 Å². The normalized spacial score (nSPS) is 18.9. The molecule has 6 nitrogen and oxygen atoms in total. The fourth-order valence-corrected chi connectivity index (χ4v) is 5.99. The topological polar surface area (TPSA) is 71.5 Å². The Morgan fingerprint density at radius 1 is 1.38 bits per heavy atom. The average Bonchev–Trinajstić information content (AvgIpc) is 3.10. The van der Waals surface area contributed by atoms with Gasteiger partial charge >= 0.3 is 0 Å². The molecule has 8 heteroatoms. The Morgan fingerprint density at radius 2 is 2.19 bits per heavy atom. The molecule has 0 unspecified atom stereocenters. The number of aromatic nitrogens is 1. The summed E-state index contributed by atoms with van der Waals surface area (Å²) in [5.41, 5.74) is 1.54. The molecule has 2 aliphatic rings. The maximum absolute atomic E-state index is 13.0. The molecule has 1 aromatic heterocycles. The monoisotopic (exact) mass is 393 g/mol. The molecule has 0 fully saturated rings. The third-order valence-electron chi connectivity index (χ3n) is 4.82. The smallest absolute Gasteiger partial charge is 0.267 e. The molecule has 2 aromatic rings. The lowest BCUT2D eigenvalue weighted by atomic mass is 10.0. The second-order valence-corrected chi connectivity index (χ2v) is 10.1. The number of nitrogens with zero attached hydrogens (tertiary/aromatic N) is 2. The summed E-state index contributed by atoms with van der Waals surface area (Å²) < 4.78 is 34.5. The molecule has 0 saturated carbocycles. The highest BCUT2D eigenvalue weighted by molar-refractivity contribution is 7.93. The molecular weight excluding hydrogens is 370 g/mol. The molecule has 0 aliphatic carbocycles. The summed E-state index contributed by atoms with van der Waals surface area (Å²) in [7, 11) is -3.75. The summed E-state index contributed by atoms with van der Waals surface area (Å²) in [5.74, 6) is 0.462. The van der Waals surface area contributed by atoms with E-state index < -0.39 is 15.6 Å². The SMILES string of the molecule is CCN1CCc2nc(NS(=O)(=O)c3cccc4c3OC(C)(C)C4)sc2C1. The number of nitrogens with one attached hydrogen (secondary N) is 1. The fourth-order valence-electron chi connectivity index (χ4n) is 3.53. The minimum absolute atomic E-state index is 0.184. The number of rotatable bonds is 4. The zero-order valence-electron chi connectivity index (χ0n) is 15.2. The van der Waals surface area contributed by atoms with Crippen molar-refractivity contribution in [1.29, 1.82) is 0 Å². The molecule has 0 atom stereocenters. The maximum Gasteiger partial charge on any atom is 0.267 e. The highest BCUT2D eigenvalue weighted by Crippen LogP contribution is 2.40. The van der Waals surface area contributed by atoms with E-state index in [2.05, 4.69) is 21.5 Å². The van der Waals surface area contributed by atoms with Crippen molar-refractivity contribution in [2.45, 2.75) is 50.7 Å². The Hall–Kier alpha value is -1.64. The van der Waals surface area contributed by atoms with Gasteiger partial charge in [0.1, 0.15) is 16.2 Å². The van der Waals surface area contributed by atoms with Gasteiger partial charge in [-0.05, 0) is 32.0 Å². The maximum atomic E-state index is 13.0. The number of hydrogen-bond acceptors (Lipinski definition) is 6. The van der Waals surface area contributed by atoms with Crippen molar-refractivity contribution < 1.29 is 13.2 Å². The van der Waals surface area contributed by atoms with Crippen molar-refractivity contribution in [1.82, 2.24) is 9.88 Å². The molecule has 0 bridgehead atoms. The van der Waals surface area contributed by atoms with Crippen LogP contribution < -0.4 is 9.46 Å². The lowest BCUT2D eigenvalue weighted by Gasteiger charge is -2.23. The minimum Gasteiger partial charge on any atom is -0.486 e. The van der Waals surface area contributed by atoms with Crippen LogP contribution in [-0.4, -0.2) is 37.0 Å². The van der Waals surface area contributed by atoms with Crippen LogP contribution in [0.2, 0.25) is 0 Å². The highest BCUT2D eigenvalue weighted by Gasteiger charge is 2.35. The predicted molar refractivity (Wildman–Crippen MR) is 102 cm³/mol. The van der Waals surface area contributed by atoms with Gasteiger partial charge in [-0.15, -0.1) is 0 Å². The average molecular weight is 394 g/mol. The van der Waals surface area contributed by atoms with Gasteiger partial charge in [-0.2, -0.15) is 0 Å². The van der Waals surface area contributed by atoms with E-state index >= 15 is 0 Å². The van der Waals surface area contributed by atoms with E-state index in [1.165, 1.54) is 11.3 Å². The van der Waals surface area contributed by atoms with Crippen LogP contribution in [0.25, 0.3) is 0 Å². The van der Waals surface area contributed by atoms with Crippen LogP contribution in [-0.2, 0) is 29.4 Å². The Morgan fingerprint density at radius 3 is 2.96 bits per heavy atom. The summed E-state index contributed by atoms with van der Waals surface area (Å²) in [6.07, 6.45) is 1.56. The van der Waals surface area contributed by atoms with E-state index in [0.29, 0.717) is 17.3 Å². The van der Waals surface area contributed by atoms with Gasteiger partial charge < -0.3 is 4.74 Å². The Bertz CT molecular complexity index is 951. The first-order valence-corrected chi connectivity index (χ1v) is 11.1. The first kappa shape index (κ1) is 17.8. The van der Waals surface area contributed by atoms with E-state index in [9.17, 15) is 8.42 Å². The van der Waals surface area contributed by atoms with Crippen molar-refractivity contribution in [2.75, 3.05) is 17.8 Å². The van der Waals surface area contributed by atoms with Crippen molar-refractivity contribution in [3.05, 3.63) is 34.3 Å². The second-order valence-electron chi connectivity index (χ2n) is 7.40. The Kier molecular flexibility index (Phi) is 4.24. The fraction of sp³-hybridized carbons (Fsp3) is 0.500. The summed E-state index contributed by atoms with van der Waals surface area (Å²) in [4.78, 5) is 8.17. The van der Waals surface area contributed by atoms with Crippen LogP contribution in [0.15, 0.2) is 23.1 Å². The zero-order chi connectivity index (χ0) is 18.5. The Labute approximate surface area is 158 Å². The first-order chi connectivity index (χ1) is 12.3. The van der Waals surface area contributed by atoms with Crippen LogP contribution in [0.5, 0.6) is 5.75 Å². The number of fused-ring (bicyclic) bond motifs is 2. The molecule has 2 aliphatic heterocycles. The number of ether oxygens (including phenoxy) is 1. The van der Waals surface area contributed by atoms with Crippen LogP contribution in [0.1, 0.15) is 36.9 Å². The van der Waals surface area contributed by atoms with E-state index in [0.717, 1.165) is 42.2 Å². The van der Waals surface area contributed by atoms with Crippen LogP contribution in [0.4, 0.5) is 5.13 Å². The molecule has 0 saturated heterocycles. The molecule has 0 spiro atoms. The quantitative estimate of drug-likeness (QED) is 0.864. The van der Waals surface area contributed by atoms with Crippen molar-refractivity contribution in [3.8, 4) is 5.75 Å². The number of sulfonamides is 1. The number of likely N-dealkylation sites (N-methyl/N-ethyl adjacent to an activating group) is 1. The molecule has 26 heavy (non-hydrogen) atoms. The summed E-state index contributed by atoms with van der Waals surface area (Å²) in [5, 5.41) is 0.433. The van der Waals surface area contributed by atoms with Crippen LogP contribution >= 0.6 is 11.3 Å². The largest absolute Gasteiger partial charge is 0.486 e. The number of hydrogen-bond donors (Lipinski definition) is 1. The molecule has 1 N–H and O–H groups in total. The predicted octanol–water partition coefficient (Wildman–Crippen LogP) is 3.04. The van der Waals surface area contributed by atoms with Crippen molar-refractivity contribution in [2.24, 2.45) is 0 Å². The first-order valence-electron chi connectivity index (χ1n) is 8.82. The summed E-state index contributed by atoms with van der Waals surface area (Å²) >= 11 is 1.43. The van der Waals surface area contributed by atoms with E-state index in [1.807, 2.05) is 19.9 Å². The molecule has 3 heterocycles. The lowest BCUT2D eigenvalue weighted by molar-refractivity contribution is 0.135. The van der Waals surface area contributed by atoms with E-state index in [4.69, 9.17) is 4.74 Å². The number of anilines is 1. The van der Waals surface area contributed by atoms with Gasteiger partial charge in [0.05, 0.1) is 5.69 Å². The van der Waals surface area contributed by atoms with Crippen LogP contribution in [0, 0.1) is 0 Å². The van der Waals surface area contributed by atoms with Gasteiger partial charge in [0.25, 0.3) is 10.0 Å². The molecule has 0 radical (unpaired) electrons. The number of thiazole rings is 1. The summed E-state index contributed by atoms with van der Waals surface area (Å²) in [6, 6.07) is 5.28. The molecular formula is C18H23N3O3S2. The van der Waals surface area contributed by atoms with E-state index in [1.54, 1.807) is 12.1 Å².